The number of ether oxygens (including phenoxy) is 3. The molecule has 0 bridgehead atoms. The summed E-state index contributed by atoms with van der Waals surface area (Å²) in [6.45, 7) is 4.65. The van der Waals surface area contributed by atoms with Crippen LogP contribution in [0.15, 0.2) is 59.7 Å². The van der Waals surface area contributed by atoms with Crippen LogP contribution in [-0.4, -0.2) is 31.4 Å². The van der Waals surface area contributed by atoms with Crippen molar-refractivity contribution in [3.8, 4) is 23.0 Å². The topological polar surface area (TPSA) is 89.4 Å². The number of nitrogens with one attached hydrogen (secondary N) is 1. The largest absolute Gasteiger partial charge is 0.508 e. The first-order chi connectivity index (χ1) is 16.3. The van der Waals surface area contributed by atoms with E-state index in [-0.39, 0.29) is 16.3 Å². The maximum absolute atomic E-state index is 12.3. The van der Waals surface area contributed by atoms with E-state index in [2.05, 4.69) is 36.5 Å². The Morgan fingerprint density at radius 1 is 1.06 bits per heavy atom. The standard InChI is InChI=1S/C26H27ClN2O5/c1-16(2)19-7-5-17(6-8-19)15-34-25-23(32-3)11-18(12-24(25)33-4)14-28-29-26(31)21-10-9-20(30)13-22(21)27/h5-14,16,30H,15H2,1-4H3,(H,29,31)/b28-14+. The van der Waals surface area contributed by atoms with Gasteiger partial charge in [-0.15, -0.1) is 0 Å². The highest BCUT2D eigenvalue weighted by molar-refractivity contribution is 6.34. The Morgan fingerprint density at radius 2 is 1.71 bits per heavy atom. The quantitative estimate of drug-likeness (QED) is 0.309. The van der Waals surface area contributed by atoms with Gasteiger partial charge in [-0.25, -0.2) is 5.43 Å². The van der Waals surface area contributed by atoms with Crippen LogP contribution < -0.4 is 19.6 Å². The van der Waals surface area contributed by atoms with Crippen LogP contribution in [0.3, 0.4) is 0 Å². The molecule has 0 radical (unpaired) electrons. The van der Waals surface area contributed by atoms with Gasteiger partial charge in [0.05, 0.1) is 31.0 Å². The number of aromatic hydroxyl groups is 1. The molecule has 0 atom stereocenters. The van der Waals surface area contributed by atoms with Crippen LogP contribution in [0.4, 0.5) is 0 Å². The number of methoxy groups -OCH3 is 2. The minimum absolute atomic E-state index is 0.0286. The Morgan fingerprint density at radius 3 is 2.26 bits per heavy atom. The second-order valence-corrected chi connectivity index (χ2v) is 8.21. The lowest BCUT2D eigenvalue weighted by Gasteiger charge is -2.15. The summed E-state index contributed by atoms with van der Waals surface area (Å²) < 4.78 is 17.0. The zero-order valence-corrected chi connectivity index (χ0v) is 20.2. The number of hydrogen-bond acceptors (Lipinski definition) is 6. The Balaban J connectivity index is 1.73. The number of hydrogen-bond donors (Lipinski definition) is 2. The molecule has 0 aliphatic rings. The molecule has 8 heteroatoms. The minimum Gasteiger partial charge on any atom is -0.508 e. The number of carbonyl (C=O) groups is 1. The predicted molar refractivity (Wildman–Crippen MR) is 133 cm³/mol. The Labute approximate surface area is 203 Å². The molecule has 3 aromatic rings. The van der Waals surface area contributed by atoms with Gasteiger partial charge in [-0.05, 0) is 47.4 Å². The highest BCUT2D eigenvalue weighted by Crippen LogP contribution is 2.38. The second-order valence-electron chi connectivity index (χ2n) is 7.80. The summed E-state index contributed by atoms with van der Waals surface area (Å²) in [7, 11) is 3.07. The molecule has 0 saturated carbocycles. The third-order valence-corrected chi connectivity index (χ3v) is 5.40. The SMILES string of the molecule is COc1cc(/C=N/NC(=O)c2ccc(O)cc2Cl)cc(OC)c1OCc1ccc(C(C)C)cc1. The third kappa shape index (κ3) is 6.20. The maximum Gasteiger partial charge on any atom is 0.272 e. The molecule has 7 nitrogen and oxygen atoms in total. The molecule has 0 aromatic heterocycles. The zero-order chi connectivity index (χ0) is 24.7. The van der Waals surface area contributed by atoms with E-state index < -0.39 is 5.91 Å². The lowest BCUT2D eigenvalue weighted by atomic mass is 10.0. The van der Waals surface area contributed by atoms with Gasteiger partial charge in [0.25, 0.3) is 5.91 Å². The number of phenolic OH excluding ortho intramolecular Hbond substituents is 1. The summed E-state index contributed by atoms with van der Waals surface area (Å²) in [5, 5.41) is 13.5. The van der Waals surface area contributed by atoms with Crippen molar-refractivity contribution in [1.29, 1.82) is 0 Å². The van der Waals surface area contributed by atoms with Gasteiger partial charge in [0.1, 0.15) is 12.4 Å². The van der Waals surface area contributed by atoms with E-state index in [1.54, 1.807) is 12.1 Å². The fourth-order valence-electron chi connectivity index (χ4n) is 3.19. The lowest BCUT2D eigenvalue weighted by Crippen LogP contribution is -2.18. The molecule has 0 unspecified atom stereocenters. The van der Waals surface area contributed by atoms with E-state index in [9.17, 15) is 9.90 Å². The number of carbonyl (C=O) groups excluding carboxylic acids is 1. The molecule has 0 aliphatic carbocycles. The highest BCUT2D eigenvalue weighted by atomic mass is 35.5. The van der Waals surface area contributed by atoms with Crippen molar-refractivity contribution in [3.63, 3.8) is 0 Å². The lowest BCUT2D eigenvalue weighted by molar-refractivity contribution is 0.0955. The first-order valence-corrected chi connectivity index (χ1v) is 11.0. The van der Waals surface area contributed by atoms with E-state index in [1.807, 2.05) is 12.1 Å². The monoisotopic (exact) mass is 482 g/mol. The summed E-state index contributed by atoms with van der Waals surface area (Å²) in [6, 6.07) is 15.8. The molecule has 0 aliphatic heterocycles. The van der Waals surface area contributed by atoms with Crippen molar-refractivity contribution in [2.24, 2.45) is 5.10 Å². The highest BCUT2D eigenvalue weighted by Gasteiger charge is 2.15. The first kappa shape index (κ1) is 24.9. The minimum atomic E-state index is -0.511. The molecule has 0 heterocycles. The van der Waals surface area contributed by atoms with E-state index in [0.717, 1.165) is 5.56 Å². The Bertz CT molecular complexity index is 1150. The van der Waals surface area contributed by atoms with Gasteiger partial charge >= 0.3 is 0 Å². The Hall–Kier alpha value is -3.71. The number of phenols is 1. The number of nitrogens with zero attached hydrogens (tertiary/aromatic N) is 1. The van der Waals surface area contributed by atoms with Crippen molar-refractivity contribution < 1.29 is 24.1 Å². The molecule has 2 N–H and O–H groups in total. The van der Waals surface area contributed by atoms with Crippen LogP contribution in [-0.2, 0) is 6.61 Å². The third-order valence-electron chi connectivity index (χ3n) is 5.09. The summed E-state index contributed by atoms with van der Waals surface area (Å²) in [5.41, 5.74) is 5.51. The number of benzene rings is 3. The number of rotatable bonds is 9. The molecular weight excluding hydrogens is 456 g/mol. The second kappa shape index (κ2) is 11.4. The predicted octanol–water partition coefficient (Wildman–Crippen LogP) is 5.53. The summed E-state index contributed by atoms with van der Waals surface area (Å²) in [5.74, 6) is 1.32. The molecule has 1 amide bonds. The van der Waals surface area contributed by atoms with Crippen LogP contribution in [0.25, 0.3) is 0 Å². The molecule has 3 rings (SSSR count). The number of hydrazone groups is 1. The van der Waals surface area contributed by atoms with Crippen molar-refractivity contribution in [1.82, 2.24) is 5.43 Å². The molecule has 0 saturated heterocycles. The molecular formula is C26H27ClN2O5. The van der Waals surface area contributed by atoms with Gasteiger partial charge in [0.2, 0.25) is 5.75 Å². The summed E-state index contributed by atoms with van der Waals surface area (Å²) >= 11 is 5.99. The fraction of sp³-hybridized carbons (Fsp3) is 0.231. The molecule has 0 fully saturated rings. The van der Waals surface area contributed by atoms with Crippen LogP contribution in [0.5, 0.6) is 23.0 Å². The van der Waals surface area contributed by atoms with Crippen molar-refractivity contribution in [2.75, 3.05) is 14.2 Å². The van der Waals surface area contributed by atoms with Crippen LogP contribution in [0.2, 0.25) is 5.02 Å². The Kier molecular flexibility index (Phi) is 8.38. The van der Waals surface area contributed by atoms with Gasteiger partial charge in [0, 0.05) is 5.56 Å². The van der Waals surface area contributed by atoms with Crippen molar-refractivity contribution in [3.05, 3.63) is 81.9 Å². The van der Waals surface area contributed by atoms with Crippen molar-refractivity contribution in [2.45, 2.75) is 26.4 Å². The fourth-order valence-corrected chi connectivity index (χ4v) is 3.45. The molecule has 3 aromatic carbocycles. The molecule has 178 valence electrons. The average molecular weight is 483 g/mol. The first-order valence-electron chi connectivity index (χ1n) is 10.6. The van der Waals surface area contributed by atoms with Crippen LogP contribution in [0, 0.1) is 0 Å². The van der Waals surface area contributed by atoms with Gasteiger partial charge in [-0.2, -0.15) is 5.10 Å². The van der Waals surface area contributed by atoms with Gasteiger partial charge in [-0.3, -0.25) is 4.79 Å². The smallest absolute Gasteiger partial charge is 0.272 e. The molecule has 34 heavy (non-hydrogen) atoms. The number of halogens is 1. The zero-order valence-electron chi connectivity index (χ0n) is 19.5. The van der Waals surface area contributed by atoms with Gasteiger partial charge < -0.3 is 19.3 Å². The number of amides is 1. The van der Waals surface area contributed by atoms with Gasteiger partial charge in [-0.1, -0.05) is 49.7 Å². The maximum atomic E-state index is 12.3. The van der Waals surface area contributed by atoms with E-state index in [4.69, 9.17) is 25.8 Å². The average Bonchev–Trinajstić information content (AvgIpc) is 2.82. The summed E-state index contributed by atoms with van der Waals surface area (Å²) in [4.78, 5) is 12.3. The normalized spacial score (nSPS) is 11.0. The van der Waals surface area contributed by atoms with Crippen molar-refractivity contribution >= 4 is 23.7 Å². The summed E-state index contributed by atoms with van der Waals surface area (Å²) in [6.07, 6.45) is 1.45. The van der Waals surface area contributed by atoms with Crippen LogP contribution in [0.1, 0.15) is 46.8 Å². The van der Waals surface area contributed by atoms with E-state index >= 15 is 0 Å². The van der Waals surface area contributed by atoms with E-state index in [1.165, 1.54) is 44.2 Å². The van der Waals surface area contributed by atoms with Crippen LogP contribution >= 0.6 is 11.6 Å². The van der Waals surface area contributed by atoms with E-state index in [0.29, 0.717) is 35.3 Å². The van der Waals surface area contributed by atoms with Gasteiger partial charge in [0.15, 0.2) is 11.5 Å². The molecule has 0 spiro atoms.